The summed E-state index contributed by atoms with van der Waals surface area (Å²) in [7, 11) is -4.24. The topological polar surface area (TPSA) is 124 Å². The lowest BCUT2D eigenvalue weighted by atomic mass is 10.1. The number of hydrogen-bond donors (Lipinski definition) is 3. The van der Waals surface area contributed by atoms with E-state index >= 15 is 0 Å². The molecule has 0 fully saturated rings. The molecule has 0 aliphatic carbocycles. The van der Waals surface area contributed by atoms with Crippen LogP contribution in [0.1, 0.15) is 16.7 Å². The Morgan fingerprint density at radius 3 is 1.79 bits per heavy atom. The molecule has 4 aromatic carbocycles. The van der Waals surface area contributed by atoms with Crippen LogP contribution in [0.25, 0.3) is 6.08 Å². The van der Waals surface area contributed by atoms with Crippen LogP contribution in [0, 0.1) is 5.41 Å². The monoisotopic (exact) mass is 527 g/mol. The second-order valence-corrected chi connectivity index (χ2v) is 9.90. The summed E-state index contributed by atoms with van der Waals surface area (Å²) in [5, 5.41) is 10.2. The van der Waals surface area contributed by atoms with Gasteiger partial charge in [0.05, 0.1) is 0 Å². The van der Waals surface area contributed by atoms with Crippen LogP contribution in [0.3, 0.4) is 0 Å². The number of carbonyl (C=O) groups is 1. The van der Waals surface area contributed by atoms with Crippen LogP contribution in [0.2, 0.25) is 0 Å². The third-order valence-corrected chi connectivity index (χ3v) is 6.93. The minimum atomic E-state index is -4.24. The number of alkyl carbamates (subject to hydrolysis) is 1. The lowest BCUT2D eigenvalue weighted by Gasteiger charge is -2.23. The molecule has 4 N–H and O–H groups in total. The minimum Gasteiger partial charge on any atom is -0.444 e. The third kappa shape index (κ3) is 7.35. The van der Waals surface area contributed by atoms with Gasteiger partial charge in [0.25, 0.3) is 0 Å². The van der Waals surface area contributed by atoms with E-state index in [0.717, 1.165) is 5.56 Å². The highest BCUT2D eigenvalue weighted by molar-refractivity contribution is 7.59. The van der Waals surface area contributed by atoms with Crippen molar-refractivity contribution < 1.29 is 23.1 Å². The van der Waals surface area contributed by atoms with Gasteiger partial charge in [-0.15, -0.1) is 0 Å². The average Bonchev–Trinajstić information content (AvgIpc) is 2.93. The first-order valence-corrected chi connectivity index (χ1v) is 13.2. The largest absolute Gasteiger partial charge is 0.479 e. The maximum atomic E-state index is 14.4. The van der Waals surface area contributed by atoms with Crippen molar-refractivity contribution in [3.05, 3.63) is 137 Å². The molecule has 9 heteroatoms. The van der Waals surface area contributed by atoms with Gasteiger partial charge >= 0.3 is 13.7 Å². The summed E-state index contributed by atoms with van der Waals surface area (Å²) < 4.78 is 31.6. The number of nitrogens with two attached hydrogens (primary N) is 1. The first-order chi connectivity index (χ1) is 18.4. The number of benzene rings is 4. The van der Waals surface area contributed by atoms with Gasteiger partial charge in [0, 0.05) is 5.56 Å². The molecule has 192 valence electrons. The van der Waals surface area contributed by atoms with E-state index in [1.54, 1.807) is 84.9 Å². The summed E-state index contributed by atoms with van der Waals surface area (Å²) in [6.45, 7) is 0.0106. The number of hydrogen-bond acceptors (Lipinski definition) is 6. The zero-order valence-corrected chi connectivity index (χ0v) is 21.2. The van der Waals surface area contributed by atoms with Crippen LogP contribution >= 0.6 is 7.60 Å². The van der Waals surface area contributed by atoms with E-state index in [4.69, 9.17) is 24.9 Å². The Bertz CT molecular complexity index is 1400. The molecule has 38 heavy (non-hydrogen) atoms. The number of ether oxygens (including phenoxy) is 1. The molecule has 0 spiro atoms. The van der Waals surface area contributed by atoms with E-state index in [2.05, 4.69) is 5.32 Å². The maximum Gasteiger partial charge on any atom is 0.479 e. The Balaban J connectivity index is 1.70. The fourth-order valence-electron chi connectivity index (χ4n) is 3.32. The van der Waals surface area contributed by atoms with Gasteiger partial charge in [-0.2, -0.15) is 0 Å². The van der Waals surface area contributed by atoms with Gasteiger partial charge < -0.3 is 19.5 Å². The lowest BCUT2D eigenvalue weighted by molar-refractivity contribution is 0.143. The summed E-state index contributed by atoms with van der Waals surface area (Å²) in [5.41, 5.74) is 7.29. The predicted molar refractivity (Wildman–Crippen MR) is 147 cm³/mol. The third-order valence-electron chi connectivity index (χ3n) is 5.20. The van der Waals surface area contributed by atoms with Crippen molar-refractivity contribution in [3.8, 4) is 11.5 Å². The van der Waals surface area contributed by atoms with Crippen molar-refractivity contribution >= 4 is 25.6 Å². The number of amidine groups is 1. The molecule has 0 saturated carbocycles. The summed E-state index contributed by atoms with van der Waals surface area (Å²) in [4.78, 5) is 12.9. The van der Waals surface area contributed by atoms with Gasteiger partial charge in [-0.3, -0.25) is 10.7 Å². The second kappa shape index (κ2) is 12.4. The Kier molecular flexibility index (Phi) is 8.59. The zero-order valence-electron chi connectivity index (χ0n) is 20.3. The minimum absolute atomic E-state index is 0.0106. The fourth-order valence-corrected chi connectivity index (χ4v) is 4.89. The fraction of sp³-hybridized carbons (Fsp3) is 0.0345. The number of nitrogens with one attached hydrogen (secondary N) is 2. The summed E-state index contributed by atoms with van der Waals surface area (Å²) in [6, 6.07) is 32.8. The van der Waals surface area contributed by atoms with Gasteiger partial charge in [0.2, 0.25) is 0 Å². The van der Waals surface area contributed by atoms with Gasteiger partial charge in [-0.05, 0) is 41.5 Å². The van der Waals surface area contributed by atoms with Crippen molar-refractivity contribution in [1.29, 1.82) is 5.41 Å². The van der Waals surface area contributed by atoms with Gasteiger partial charge in [-0.1, -0.05) is 91.0 Å². The highest BCUT2D eigenvalue weighted by Gasteiger charge is 2.36. The highest BCUT2D eigenvalue weighted by Crippen LogP contribution is 2.55. The lowest BCUT2D eigenvalue weighted by Crippen LogP contribution is -2.26. The molecular weight excluding hydrogens is 501 g/mol. The number of rotatable bonds is 10. The van der Waals surface area contributed by atoms with Crippen molar-refractivity contribution in [3.63, 3.8) is 0 Å². The molecule has 0 aliphatic heterocycles. The second-order valence-electron chi connectivity index (χ2n) is 8.06. The molecule has 0 bridgehead atoms. The molecule has 0 aromatic heterocycles. The predicted octanol–water partition coefficient (Wildman–Crippen LogP) is 6.55. The molecule has 0 atom stereocenters. The van der Waals surface area contributed by atoms with E-state index < -0.39 is 13.7 Å². The molecule has 0 radical (unpaired) electrons. The molecule has 0 aliphatic rings. The van der Waals surface area contributed by atoms with Crippen LogP contribution < -0.4 is 20.1 Å². The quantitative estimate of drug-likeness (QED) is 0.122. The van der Waals surface area contributed by atoms with Gasteiger partial charge in [0.1, 0.15) is 23.9 Å². The van der Waals surface area contributed by atoms with E-state index in [0.29, 0.717) is 11.1 Å². The molecular formula is C29H26N3O5P. The molecule has 1 amide bonds. The summed E-state index contributed by atoms with van der Waals surface area (Å²) in [5.74, 6) is 0.474. The number of nitrogen functional groups attached to an aromatic ring is 1. The highest BCUT2D eigenvalue weighted by atomic mass is 31.2. The Morgan fingerprint density at radius 2 is 1.29 bits per heavy atom. The maximum absolute atomic E-state index is 14.4. The van der Waals surface area contributed by atoms with Gasteiger partial charge in [-0.25, -0.2) is 9.36 Å². The van der Waals surface area contributed by atoms with Crippen molar-refractivity contribution in [2.45, 2.75) is 6.61 Å². The van der Waals surface area contributed by atoms with E-state index in [1.165, 1.54) is 6.08 Å². The van der Waals surface area contributed by atoms with E-state index in [9.17, 15) is 9.36 Å². The molecule has 0 unspecified atom stereocenters. The standard InChI is InChI=1S/C29H26N3O5P/c30-28(31)24-18-16-22(17-19-24)20-27(32-29(33)35-21-23-10-4-1-5-11-23)38(34,36-25-12-6-2-7-13-25)37-26-14-8-3-9-15-26/h1-20H,21H2,(H3,30,31)(H,32,33)/b27-20-. The van der Waals surface area contributed by atoms with Crippen LogP contribution in [-0.4, -0.2) is 11.9 Å². The Hall–Kier alpha value is -4.81. The number of para-hydroxylation sites is 2. The van der Waals surface area contributed by atoms with Gasteiger partial charge in [0.15, 0.2) is 5.44 Å². The molecule has 4 rings (SSSR count). The SMILES string of the molecule is N=C(N)c1ccc(/C=C(/NC(=O)OCc2ccccc2)P(=O)(Oc2ccccc2)Oc2ccccc2)cc1. The molecule has 4 aromatic rings. The van der Waals surface area contributed by atoms with Crippen molar-refractivity contribution in [2.75, 3.05) is 0 Å². The van der Waals surface area contributed by atoms with Crippen LogP contribution in [0.15, 0.2) is 121 Å². The van der Waals surface area contributed by atoms with Crippen molar-refractivity contribution in [2.24, 2.45) is 5.73 Å². The number of amides is 1. The van der Waals surface area contributed by atoms with Crippen LogP contribution in [-0.2, 0) is 15.9 Å². The first kappa shape index (κ1) is 26.3. The molecule has 0 heterocycles. The molecule has 0 saturated heterocycles. The Labute approximate surface area is 220 Å². The van der Waals surface area contributed by atoms with E-state index in [1.807, 2.05) is 30.3 Å². The summed E-state index contributed by atoms with van der Waals surface area (Å²) in [6.07, 6.45) is 0.634. The normalized spacial score (nSPS) is 11.3. The van der Waals surface area contributed by atoms with Crippen molar-refractivity contribution in [1.82, 2.24) is 5.32 Å². The Morgan fingerprint density at radius 1 is 0.789 bits per heavy atom. The first-order valence-electron chi connectivity index (χ1n) is 11.6. The van der Waals surface area contributed by atoms with E-state index in [-0.39, 0.29) is 29.4 Å². The number of carbonyl (C=O) groups excluding carboxylic acids is 1. The smallest absolute Gasteiger partial charge is 0.444 e. The zero-order chi connectivity index (χ0) is 26.8. The summed E-state index contributed by atoms with van der Waals surface area (Å²) >= 11 is 0. The average molecular weight is 528 g/mol. The van der Waals surface area contributed by atoms with Crippen LogP contribution in [0.4, 0.5) is 4.79 Å². The van der Waals surface area contributed by atoms with Crippen LogP contribution in [0.5, 0.6) is 11.5 Å². The molecule has 8 nitrogen and oxygen atoms in total.